The first-order valence-corrected chi connectivity index (χ1v) is 9.72. The summed E-state index contributed by atoms with van der Waals surface area (Å²) in [6.07, 6.45) is 12.5. The Bertz CT molecular complexity index is 449. The van der Waals surface area contributed by atoms with Crippen LogP contribution in [0.15, 0.2) is 24.3 Å². The van der Waals surface area contributed by atoms with Crippen molar-refractivity contribution in [2.75, 3.05) is 0 Å². The van der Waals surface area contributed by atoms with Crippen molar-refractivity contribution in [1.29, 1.82) is 0 Å². The zero-order valence-electron chi connectivity index (χ0n) is 12.9. The highest BCUT2D eigenvalue weighted by molar-refractivity contribution is 14.1. The zero-order valence-corrected chi connectivity index (χ0v) is 15.0. The summed E-state index contributed by atoms with van der Waals surface area (Å²) in [5.41, 5.74) is 0.855. The van der Waals surface area contributed by atoms with E-state index in [4.69, 9.17) is 0 Å². The van der Waals surface area contributed by atoms with Crippen LogP contribution in [0.2, 0.25) is 0 Å². The minimum Gasteiger partial charge on any atom is -0.389 e. The van der Waals surface area contributed by atoms with Gasteiger partial charge in [0, 0.05) is 9.99 Å². The van der Waals surface area contributed by atoms with Crippen LogP contribution in [0, 0.1) is 15.4 Å². The maximum absolute atomic E-state index is 11.4. The van der Waals surface area contributed by atoms with Crippen LogP contribution in [-0.2, 0) is 6.42 Å². The lowest BCUT2D eigenvalue weighted by molar-refractivity contribution is -0.0766. The molecule has 1 nitrogen and oxygen atoms in total. The minimum absolute atomic E-state index is 0.451. The van der Waals surface area contributed by atoms with E-state index in [2.05, 4.69) is 46.9 Å². The molecule has 0 aliphatic heterocycles. The Morgan fingerprint density at radius 3 is 2.33 bits per heavy atom. The average molecular weight is 398 g/mol. The third-order valence-corrected chi connectivity index (χ3v) is 6.43. The van der Waals surface area contributed by atoms with Crippen LogP contribution >= 0.6 is 22.6 Å². The van der Waals surface area contributed by atoms with Gasteiger partial charge in [-0.05, 0) is 65.0 Å². The lowest BCUT2D eigenvalue weighted by Gasteiger charge is -2.45. The smallest absolute Gasteiger partial charge is 0.0718 e. The highest BCUT2D eigenvalue weighted by Gasteiger charge is 2.42. The molecule has 0 heterocycles. The molecule has 0 radical (unpaired) electrons. The second-order valence-electron chi connectivity index (χ2n) is 7.16. The first-order chi connectivity index (χ1) is 10.2. The first-order valence-electron chi connectivity index (χ1n) is 8.64. The topological polar surface area (TPSA) is 20.2 Å². The fraction of sp³-hybridized carbons (Fsp3) is 0.684. The fourth-order valence-corrected chi connectivity index (χ4v) is 5.00. The third kappa shape index (κ3) is 3.82. The molecule has 2 aliphatic rings. The molecule has 0 amide bonds. The average Bonchev–Trinajstić information content (AvgIpc) is 2.51. The van der Waals surface area contributed by atoms with E-state index in [0.717, 1.165) is 18.8 Å². The number of halogens is 1. The Kier molecular flexibility index (Phi) is 5.26. The van der Waals surface area contributed by atoms with Gasteiger partial charge >= 0.3 is 0 Å². The van der Waals surface area contributed by atoms with Crippen molar-refractivity contribution < 1.29 is 5.11 Å². The second-order valence-corrected chi connectivity index (χ2v) is 8.40. The standard InChI is InChI=1S/C19H27IO/c20-17-11-9-15(10-12-17)14-19(21)13-5-4-8-18(19)16-6-2-1-3-7-16/h9-12,16,18,21H,1-8,13-14H2. The molecule has 2 heteroatoms. The number of hydrogen-bond donors (Lipinski definition) is 1. The van der Waals surface area contributed by atoms with Crippen LogP contribution in [0.1, 0.15) is 63.4 Å². The Morgan fingerprint density at radius 2 is 1.62 bits per heavy atom. The number of hydrogen-bond acceptors (Lipinski definition) is 1. The Hall–Kier alpha value is -0.0900. The minimum atomic E-state index is -0.451. The van der Waals surface area contributed by atoms with Gasteiger partial charge in [-0.1, -0.05) is 57.1 Å². The summed E-state index contributed by atoms with van der Waals surface area (Å²) in [6, 6.07) is 8.73. The van der Waals surface area contributed by atoms with Gasteiger partial charge in [0.25, 0.3) is 0 Å². The van der Waals surface area contributed by atoms with Crippen LogP contribution in [0.4, 0.5) is 0 Å². The summed E-state index contributed by atoms with van der Waals surface area (Å²) in [7, 11) is 0. The molecule has 0 spiro atoms. The van der Waals surface area contributed by atoms with E-state index < -0.39 is 5.60 Å². The van der Waals surface area contributed by atoms with Crippen molar-refractivity contribution in [3.63, 3.8) is 0 Å². The van der Waals surface area contributed by atoms with Crippen LogP contribution in [-0.4, -0.2) is 10.7 Å². The lowest BCUT2D eigenvalue weighted by atomic mass is 9.64. The molecule has 116 valence electrons. The number of benzene rings is 1. The predicted molar refractivity (Wildman–Crippen MR) is 96.3 cm³/mol. The molecule has 0 bridgehead atoms. The van der Waals surface area contributed by atoms with E-state index in [9.17, 15) is 5.11 Å². The quantitative estimate of drug-likeness (QED) is 0.682. The predicted octanol–water partition coefficient (Wildman–Crippen LogP) is 5.34. The van der Waals surface area contributed by atoms with Crippen LogP contribution in [0.5, 0.6) is 0 Å². The van der Waals surface area contributed by atoms with Gasteiger partial charge in [-0.3, -0.25) is 0 Å². The number of rotatable bonds is 3. The normalized spacial score (nSPS) is 31.2. The van der Waals surface area contributed by atoms with Gasteiger partial charge in [-0.25, -0.2) is 0 Å². The molecule has 0 aromatic heterocycles. The summed E-state index contributed by atoms with van der Waals surface area (Å²) in [5.74, 6) is 1.30. The maximum Gasteiger partial charge on any atom is 0.0718 e. The van der Waals surface area contributed by atoms with Gasteiger partial charge in [-0.15, -0.1) is 0 Å². The Morgan fingerprint density at radius 1 is 0.952 bits per heavy atom. The summed E-state index contributed by atoms with van der Waals surface area (Å²) in [6.45, 7) is 0. The lowest BCUT2D eigenvalue weighted by Crippen LogP contribution is -2.46. The van der Waals surface area contributed by atoms with E-state index in [1.165, 1.54) is 60.5 Å². The van der Waals surface area contributed by atoms with Crippen LogP contribution in [0.3, 0.4) is 0 Å². The molecule has 21 heavy (non-hydrogen) atoms. The molecule has 1 aromatic rings. The van der Waals surface area contributed by atoms with Crippen LogP contribution < -0.4 is 0 Å². The summed E-state index contributed by atoms with van der Waals surface area (Å²) >= 11 is 2.35. The first kappa shape index (κ1) is 15.8. The highest BCUT2D eigenvalue weighted by atomic mass is 127. The molecule has 2 fully saturated rings. The molecule has 1 N–H and O–H groups in total. The molecule has 2 atom stereocenters. The summed E-state index contributed by atoms with van der Waals surface area (Å²) in [5, 5.41) is 11.4. The van der Waals surface area contributed by atoms with Gasteiger partial charge < -0.3 is 5.11 Å². The van der Waals surface area contributed by atoms with Gasteiger partial charge in [0.15, 0.2) is 0 Å². The van der Waals surface area contributed by atoms with Crippen molar-refractivity contribution >= 4 is 22.6 Å². The molecular formula is C19H27IO. The van der Waals surface area contributed by atoms with Gasteiger partial charge in [0.05, 0.1) is 5.60 Å². The monoisotopic (exact) mass is 398 g/mol. The van der Waals surface area contributed by atoms with Gasteiger partial charge in [0.2, 0.25) is 0 Å². The van der Waals surface area contributed by atoms with Gasteiger partial charge in [0.1, 0.15) is 0 Å². The third-order valence-electron chi connectivity index (χ3n) is 5.71. The van der Waals surface area contributed by atoms with E-state index in [1.54, 1.807) is 0 Å². The zero-order chi connectivity index (χ0) is 14.7. The second kappa shape index (κ2) is 6.99. The van der Waals surface area contributed by atoms with Crippen molar-refractivity contribution in [1.82, 2.24) is 0 Å². The maximum atomic E-state index is 11.4. The molecule has 0 saturated heterocycles. The van der Waals surface area contributed by atoms with E-state index in [0.29, 0.717) is 5.92 Å². The van der Waals surface area contributed by atoms with Crippen molar-refractivity contribution in [2.45, 2.75) is 69.8 Å². The van der Waals surface area contributed by atoms with Crippen molar-refractivity contribution in [2.24, 2.45) is 11.8 Å². The molecular weight excluding hydrogens is 371 g/mol. The summed E-state index contributed by atoms with van der Waals surface area (Å²) in [4.78, 5) is 0. The van der Waals surface area contributed by atoms with Crippen molar-refractivity contribution in [3.05, 3.63) is 33.4 Å². The summed E-state index contributed by atoms with van der Waals surface area (Å²) < 4.78 is 1.27. The molecule has 2 saturated carbocycles. The fourth-order valence-electron chi connectivity index (χ4n) is 4.64. The van der Waals surface area contributed by atoms with Crippen molar-refractivity contribution in [3.8, 4) is 0 Å². The molecule has 2 unspecified atom stereocenters. The van der Waals surface area contributed by atoms with E-state index in [1.807, 2.05) is 0 Å². The molecule has 2 aliphatic carbocycles. The SMILES string of the molecule is OC1(Cc2ccc(I)cc2)CCCCC1C1CCCCC1. The molecule has 3 rings (SSSR count). The number of aliphatic hydroxyl groups is 1. The van der Waals surface area contributed by atoms with Gasteiger partial charge in [-0.2, -0.15) is 0 Å². The van der Waals surface area contributed by atoms with Crippen LogP contribution in [0.25, 0.3) is 0 Å². The van der Waals surface area contributed by atoms with E-state index >= 15 is 0 Å². The van der Waals surface area contributed by atoms with E-state index in [-0.39, 0.29) is 0 Å². The Balaban J connectivity index is 1.75. The largest absolute Gasteiger partial charge is 0.389 e. The Labute approximate surface area is 142 Å². The highest BCUT2D eigenvalue weighted by Crippen LogP contribution is 2.45. The molecule has 1 aromatic carbocycles.